The lowest BCUT2D eigenvalue weighted by atomic mass is 10.1. The van der Waals surface area contributed by atoms with Crippen molar-refractivity contribution in [1.82, 2.24) is 9.62 Å². The van der Waals surface area contributed by atoms with Crippen LogP contribution in [0.3, 0.4) is 0 Å². The number of nitrogens with one attached hydrogen (secondary N) is 3. The molecule has 0 unspecified atom stereocenters. The fourth-order valence-electron chi connectivity index (χ4n) is 2.84. The highest BCUT2D eigenvalue weighted by Gasteiger charge is 2.20. The molecular weight excluding hydrogens is 416 g/mol. The average molecular weight is 447 g/mol. The molecule has 8 nitrogen and oxygen atoms in total. The van der Waals surface area contributed by atoms with E-state index in [0.29, 0.717) is 17.7 Å². The zero-order valence-electron chi connectivity index (χ0n) is 18.5. The van der Waals surface area contributed by atoms with Crippen LogP contribution in [-0.4, -0.2) is 51.2 Å². The molecule has 0 aliphatic carbocycles. The van der Waals surface area contributed by atoms with Gasteiger partial charge in [0.05, 0.1) is 17.9 Å². The number of carbonyl (C=O) groups is 2. The fraction of sp³-hybridized carbons (Fsp3) is 0.364. The Morgan fingerprint density at radius 3 is 2.16 bits per heavy atom. The van der Waals surface area contributed by atoms with E-state index in [1.165, 1.54) is 20.2 Å². The number of sulfonamides is 1. The summed E-state index contributed by atoms with van der Waals surface area (Å²) in [6.07, 6.45) is 0.296. The second-order valence-corrected chi connectivity index (χ2v) is 9.89. The van der Waals surface area contributed by atoms with Gasteiger partial charge in [-0.15, -0.1) is 0 Å². The minimum Gasteiger partial charge on any atom is -0.376 e. The van der Waals surface area contributed by atoms with Crippen molar-refractivity contribution in [2.75, 3.05) is 31.3 Å². The monoisotopic (exact) mass is 446 g/mol. The van der Waals surface area contributed by atoms with Gasteiger partial charge in [-0.1, -0.05) is 18.2 Å². The van der Waals surface area contributed by atoms with E-state index >= 15 is 0 Å². The van der Waals surface area contributed by atoms with E-state index in [9.17, 15) is 18.0 Å². The van der Waals surface area contributed by atoms with Crippen LogP contribution in [0.5, 0.6) is 0 Å². The van der Waals surface area contributed by atoms with Crippen LogP contribution in [0.2, 0.25) is 0 Å². The molecule has 9 heteroatoms. The molecule has 0 saturated heterocycles. The summed E-state index contributed by atoms with van der Waals surface area (Å²) in [6.45, 7) is 5.54. The van der Waals surface area contributed by atoms with E-state index in [-0.39, 0.29) is 29.3 Å². The van der Waals surface area contributed by atoms with Gasteiger partial charge in [0, 0.05) is 31.5 Å². The minimum atomic E-state index is -3.60. The van der Waals surface area contributed by atoms with E-state index < -0.39 is 10.0 Å². The zero-order valence-corrected chi connectivity index (χ0v) is 19.3. The molecule has 2 rings (SSSR count). The third kappa shape index (κ3) is 7.08. The Labute approximate surface area is 184 Å². The number of hydrogen-bond donors (Lipinski definition) is 3. The van der Waals surface area contributed by atoms with Crippen LogP contribution in [0, 0.1) is 6.92 Å². The molecule has 2 aromatic rings. The van der Waals surface area contributed by atoms with Gasteiger partial charge in [-0.25, -0.2) is 12.7 Å². The predicted molar refractivity (Wildman–Crippen MR) is 123 cm³/mol. The topological polar surface area (TPSA) is 108 Å². The summed E-state index contributed by atoms with van der Waals surface area (Å²) in [6, 6.07) is 12.2. The number of rotatable bonds is 9. The first kappa shape index (κ1) is 24.4. The molecule has 0 spiro atoms. The molecule has 0 saturated carbocycles. The van der Waals surface area contributed by atoms with Crippen LogP contribution in [0.1, 0.15) is 25.0 Å². The molecule has 2 aromatic carbocycles. The second kappa shape index (κ2) is 10.4. The molecule has 0 radical (unpaired) electrons. The summed E-state index contributed by atoms with van der Waals surface area (Å²) >= 11 is 0. The smallest absolute Gasteiger partial charge is 0.243 e. The molecule has 0 aliphatic heterocycles. The largest absolute Gasteiger partial charge is 0.376 e. The molecule has 0 fully saturated rings. The number of hydrogen-bond acceptors (Lipinski definition) is 5. The molecule has 3 N–H and O–H groups in total. The number of amides is 2. The van der Waals surface area contributed by atoms with Gasteiger partial charge in [0.2, 0.25) is 21.8 Å². The summed E-state index contributed by atoms with van der Waals surface area (Å²) in [4.78, 5) is 24.3. The predicted octanol–water partition coefficient (Wildman–Crippen LogP) is 2.36. The van der Waals surface area contributed by atoms with Crippen molar-refractivity contribution >= 4 is 33.2 Å². The van der Waals surface area contributed by atoms with Crippen molar-refractivity contribution in [3.63, 3.8) is 0 Å². The Morgan fingerprint density at radius 2 is 1.58 bits per heavy atom. The summed E-state index contributed by atoms with van der Waals surface area (Å²) < 4.78 is 26.0. The SMILES string of the molecule is Cc1ccc(NC(=O)CNc2ccc(CC(=O)NC(C)C)cc2)cc1S(=O)(=O)N(C)C. The average Bonchev–Trinajstić information content (AvgIpc) is 2.68. The Morgan fingerprint density at radius 1 is 0.968 bits per heavy atom. The standard InChI is InChI=1S/C22H30N4O4S/c1-15(2)24-21(27)12-17-7-10-18(11-8-17)23-14-22(28)25-19-9-6-16(3)20(13-19)31(29,30)26(4)5/h6-11,13,15,23H,12,14H2,1-5H3,(H,24,27)(H,25,28). The van der Waals surface area contributed by atoms with Gasteiger partial charge in [0.1, 0.15) is 0 Å². The van der Waals surface area contributed by atoms with Crippen LogP contribution in [-0.2, 0) is 26.0 Å². The lowest BCUT2D eigenvalue weighted by molar-refractivity contribution is -0.121. The van der Waals surface area contributed by atoms with E-state index in [2.05, 4.69) is 16.0 Å². The van der Waals surface area contributed by atoms with E-state index in [0.717, 1.165) is 15.6 Å². The van der Waals surface area contributed by atoms with Gasteiger partial charge in [0.25, 0.3) is 0 Å². The second-order valence-electron chi connectivity index (χ2n) is 7.77. The van der Waals surface area contributed by atoms with Gasteiger partial charge in [-0.05, 0) is 56.2 Å². The molecule has 31 heavy (non-hydrogen) atoms. The van der Waals surface area contributed by atoms with E-state index in [4.69, 9.17) is 0 Å². The Kier molecular flexibility index (Phi) is 8.18. The summed E-state index contributed by atoms with van der Waals surface area (Å²) in [7, 11) is -0.674. The van der Waals surface area contributed by atoms with Crippen LogP contribution < -0.4 is 16.0 Å². The number of carbonyl (C=O) groups excluding carboxylic acids is 2. The van der Waals surface area contributed by atoms with Gasteiger partial charge < -0.3 is 16.0 Å². The van der Waals surface area contributed by atoms with Crippen molar-refractivity contribution < 1.29 is 18.0 Å². The number of benzene rings is 2. The Bertz CT molecular complexity index is 1030. The van der Waals surface area contributed by atoms with Crippen LogP contribution in [0.15, 0.2) is 47.4 Å². The quantitative estimate of drug-likeness (QED) is 0.548. The highest BCUT2D eigenvalue weighted by Crippen LogP contribution is 2.22. The molecule has 2 amide bonds. The maximum absolute atomic E-state index is 12.4. The highest BCUT2D eigenvalue weighted by atomic mass is 32.2. The van der Waals surface area contributed by atoms with Crippen molar-refractivity contribution in [2.24, 2.45) is 0 Å². The minimum absolute atomic E-state index is 0.0107. The maximum Gasteiger partial charge on any atom is 0.243 e. The van der Waals surface area contributed by atoms with Crippen LogP contribution in [0.4, 0.5) is 11.4 Å². The van der Waals surface area contributed by atoms with Crippen molar-refractivity contribution in [3.05, 3.63) is 53.6 Å². The zero-order chi connectivity index (χ0) is 23.2. The third-order valence-electron chi connectivity index (χ3n) is 4.45. The number of anilines is 2. The number of nitrogens with zero attached hydrogens (tertiary/aromatic N) is 1. The first-order valence-electron chi connectivity index (χ1n) is 9.94. The molecule has 0 heterocycles. The van der Waals surface area contributed by atoms with E-state index in [1.807, 2.05) is 26.0 Å². The van der Waals surface area contributed by atoms with Crippen molar-refractivity contribution in [2.45, 2.75) is 38.1 Å². The van der Waals surface area contributed by atoms with Gasteiger partial charge >= 0.3 is 0 Å². The fourth-order valence-corrected chi connectivity index (χ4v) is 3.98. The lowest BCUT2D eigenvalue weighted by Crippen LogP contribution is -2.31. The Balaban J connectivity index is 1.95. The first-order chi connectivity index (χ1) is 14.5. The maximum atomic E-state index is 12.4. The summed E-state index contributed by atoms with van der Waals surface area (Å²) in [5.41, 5.74) is 2.63. The lowest BCUT2D eigenvalue weighted by Gasteiger charge is -2.15. The van der Waals surface area contributed by atoms with Crippen LogP contribution in [0.25, 0.3) is 0 Å². The summed E-state index contributed by atoms with van der Waals surface area (Å²) in [5.74, 6) is -0.346. The highest BCUT2D eigenvalue weighted by molar-refractivity contribution is 7.89. The molecule has 0 aromatic heterocycles. The Hall–Kier alpha value is -2.91. The van der Waals surface area contributed by atoms with Crippen molar-refractivity contribution in [1.29, 1.82) is 0 Å². The normalized spacial score (nSPS) is 11.5. The molecule has 0 atom stereocenters. The molecular formula is C22H30N4O4S. The number of aryl methyl sites for hydroxylation is 1. The molecule has 0 aliphatic rings. The molecule has 0 bridgehead atoms. The van der Waals surface area contributed by atoms with Gasteiger partial charge in [-0.2, -0.15) is 0 Å². The van der Waals surface area contributed by atoms with Crippen molar-refractivity contribution in [3.8, 4) is 0 Å². The molecule has 168 valence electrons. The first-order valence-corrected chi connectivity index (χ1v) is 11.4. The van der Waals surface area contributed by atoms with Crippen LogP contribution >= 0.6 is 0 Å². The van der Waals surface area contributed by atoms with Gasteiger partial charge in [0.15, 0.2) is 0 Å². The third-order valence-corrected chi connectivity index (χ3v) is 6.41. The van der Waals surface area contributed by atoms with Gasteiger partial charge in [-0.3, -0.25) is 9.59 Å². The summed E-state index contributed by atoms with van der Waals surface area (Å²) in [5, 5.41) is 8.57. The van der Waals surface area contributed by atoms with E-state index in [1.54, 1.807) is 31.2 Å².